The molecule has 6 heteroatoms. The lowest BCUT2D eigenvalue weighted by atomic mass is 10.1. The van der Waals surface area contributed by atoms with Gasteiger partial charge in [0.1, 0.15) is 0 Å². The van der Waals surface area contributed by atoms with Crippen molar-refractivity contribution in [1.29, 1.82) is 0 Å². The maximum atomic E-state index is 12.4. The first-order chi connectivity index (χ1) is 12.3. The molecular formula is C20H19N3O3. The third-order valence-electron chi connectivity index (χ3n) is 4.30. The first-order valence-electron chi connectivity index (χ1n) is 8.17. The maximum Gasteiger partial charge on any atom is 0.255 e. The Bertz CT molecular complexity index is 1070. The molecule has 1 aromatic heterocycles. The Balaban J connectivity index is 1.84. The molecule has 0 fully saturated rings. The molecule has 3 rings (SSSR count). The summed E-state index contributed by atoms with van der Waals surface area (Å²) in [6, 6.07) is 12.0. The quantitative estimate of drug-likeness (QED) is 0.677. The SMILES string of the molecule is CC(=O)Nc1ccc(C(=O)Nc2ccc3c(C)c(C)c(=O)[nH]c3c2)cc1. The topological polar surface area (TPSA) is 91.1 Å². The molecule has 0 aliphatic heterocycles. The van der Waals surface area contributed by atoms with Crippen LogP contribution < -0.4 is 16.2 Å². The number of hydrogen-bond donors (Lipinski definition) is 3. The van der Waals surface area contributed by atoms with Crippen molar-refractivity contribution < 1.29 is 9.59 Å². The zero-order chi connectivity index (χ0) is 18.8. The molecule has 0 radical (unpaired) electrons. The van der Waals surface area contributed by atoms with E-state index in [2.05, 4.69) is 15.6 Å². The summed E-state index contributed by atoms with van der Waals surface area (Å²) in [4.78, 5) is 38.2. The van der Waals surface area contributed by atoms with E-state index in [0.717, 1.165) is 10.9 Å². The number of carbonyl (C=O) groups is 2. The van der Waals surface area contributed by atoms with Crippen molar-refractivity contribution in [3.63, 3.8) is 0 Å². The molecule has 0 spiro atoms. The lowest BCUT2D eigenvalue weighted by Crippen LogP contribution is -2.14. The average molecular weight is 349 g/mol. The summed E-state index contributed by atoms with van der Waals surface area (Å²) in [7, 11) is 0. The molecule has 0 atom stereocenters. The Kier molecular flexibility index (Phi) is 4.58. The van der Waals surface area contributed by atoms with Crippen LogP contribution in [0.2, 0.25) is 0 Å². The molecule has 0 bridgehead atoms. The van der Waals surface area contributed by atoms with Crippen LogP contribution in [0.25, 0.3) is 10.9 Å². The fourth-order valence-corrected chi connectivity index (χ4v) is 2.75. The summed E-state index contributed by atoms with van der Waals surface area (Å²) in [5.74, 6) is -0.442. The highest BCUT2D eigenvalue weighted by atomic mass is 16.2. The van der Waals surface area contributed by atoms with E-state index in [9.17, 15) is 14.4 Å². The van der Waals surface area contributed by atoms with Crippen LogP contribution in [0.4, 0.5) is 11.4 Å². The number of rotatable bonds is 3. The van der Waals surface area contributed by atoms with Gasteiger partial charge in [-0.15, -0.1) is 0 Å². The Labute approximate surface area is 150 Å². The highest BCUT2D eigenvalue weighted by molar-refractivity contribution is 6.05. The van der Waals surface area contributed by atoms with Gasteiger partial charge in [-0.25, -0.2) is 0 Å². The predicted molar refractivity (Wildman–Crippen MR) is 103 cm³/mol. The Morgan fingerprint density at radius 3 is 2.19 bits per heavy atom. The minimum absolute atomic E-state index is 0.132. The fourth-order valence-electron chi connectivity index (χ4n) is 2.75. The number of aryl methyl sites for hydroxylation is 1. The van der Waals surface area contributed by atoms with Gasteiger partial charge in [0.2, 0.25) is 5.91 Å². The minimum atomic E-state index is -0.273. The van der Waals surface area contributed by atoms with Gasteiger partial charge in [0.25, 0.3) is 11.5 Å². The molecular weight excluding hydrogens is 330 g/mol. The summed E-state index contributed by atoms with van der Waals surface area (Å²) in [6.45, 7) is 5.11. The molecule has 0 aliphatic carbocycles. The van der Waals surface area contributed by atoms with Crippen LogP contribution in [0, 0.1) is 13.8 Å². The molecule has 0 aliphatic rings. The summed E-state index contributed by atoms with van der Waals surface area (Å²) in [5.41, 5.74) is 3.84. The van der Waals surface area contributed by atoms with Gasteiger partial charge in [0, 0.05) is 34.8 Å². The maximum absolute atomic E-state index is 12.4. The fraction of sp³-hybridized carbons (Fsp3) is 0.150. The van der Waals surface area contributed by atoms with Gasteiger partial charge >= 0.3 is 0 Å². The molecule has 3 aromatic rings. The van der Waals surface area contributed by atoms with Gasteiger partial charge in [-0.3, -0.25) is 14.4 Å². The molecule has 0 saturated heterocycles. The summed E-state index contributed by atoms with van der Waals surface area (Å²) < 4.78 is 0. The Hall–Kier alpha value is -3.41. The Morgan fingerprint density at radius 1 is 0.885 bits per heavy atom. The lowest BCUT2D eigenvalue weighted by molar-refractivity contribution is -0.114. The number of hydrogen-bond acceptors (Lipinski definition) is 3. The van der Waals surface area contributed by atoms with Gasteiger partial charge in [-0.1, -0.05) is 6.07 Å². The standard InChI is InChI=1S/C20H19N3O3/c1-11-12(2)19(25)23-18-10-16(8-9-17(11)18)22-20(26)14-4-6-15(7-5-14)21-13(3)24/h4-10H,1-3H3,(H,21,24)(H,22,26)(H,23,25). The van der Waals surface area contributed by atoms with Crippen molar-refractivity contribution >= 4 is 34.1 Å². The molecule has 2 amide bonds. The average Bonchev–Trinajstić information content (AvgIpc) is 2.59. The first kappa shape index (κ1) is 17.4. The van der Waals surface area contributed by atoms with Gasteiger partial charge < -0.3 is 15.6 Å². The molecule has 26 heavy (non-hydrogen) atoms. The number of anilines is 2. The van der Waals surface area contributed by atoms with E-state index in [0.29, 0.717) is 28.0 Å². The van der Waals surface area contributed by atoms with E-state index < -0.39 is 0 Å². The first-order valence-corrected chi connectivity index (χ1v) is 8.17. The molecule has 132 valence electrons. The van der Waals surface area contributed by atoms with Crippen LogP contribution in [-0.2, 0) is 4.79 Å². The van der Waals surface area contributed by atoms with Crippen molar-refractivity contribution in [2.45, 2.75) is 20.8 Å². The smallest absolute Gasteiger partial charge is 0.255 e. The number of pyridine rings is 1. The van der Waals surface area contributed by atoms with E-state index in [1.165, 1.54) is 6.92 Å². The number of aromatic amines is 1. The third-order valence-corrected chi connectivity index (χ3v) is 4.30. The molecule has 2 aromatic carbocycles. The van der Waals surface area contributed by atoms with Crippen LogP contribution in [-0.4, -0.2) is 16.8 Å². The van der Waals surface area contributed by atoms with Crippen molar-refractivity contribution in [2.24, 2.45) is 0 Å². The second-order valence-corrected chi connectivity index (χ2v) is 6.18. The lowest BCUT2D eigenvalue weighted by Gasteiger charge is -2.09. The second-order valence-electron chi connectivity index (χ2n) is 6.18. The van der Waals surface area contributed by atoms with Crippen LogP contribution >= 0.6 is 0 Å². The molecule has 6 nitrogen and oxygen atoms in total. The summed E-state index contributed by atoms with van der Waals surface area (Å²) in [6.07, 6.45) is 0. The van der Waals surface area contributed by atoms with E-state index in [1.807, 2.05) is 13.0 Å². The van der Waals surface area contributed by atoms with Crippen LogP contribution in [0.1, 0.15) is 28.4 Å². The number of H-pyrrole nitrogens is 1. The highest BCUT2D eigenvalue weighted by Gasteiger charge is 2.09. The van der Waals surface area contributed by atoms with Crippen molar-refractivity contribution in [2.75, 3.05) is 10.6 Å². The number of benzene rings is 2. The van der Waals surface area contributed by atoms with Crippen LogP contribution in [0.15, 0.2) is 47.3 Å². The summed E-state index contributed by atoms with van der Waals surface area (Å²) >= 11 is 0. The van der Waals surface area contributed by atoms with E-state index in [4.69, 9.17) is 0 Å². The largest absolute Gasteiger partial charge is 0.326 e. The number of nitrogens with one attached hydrogen (secondary N) is 3. The predicted octanol–water partition coefficient (Wildman–Crippen LogP) is 3.36. The monoisotopic (exact) mass is 349 g/mol. The number of fused-ring (bicyclic) bond motifs is 1. The highest BCUT2D eigenvalue weighted by Crippen LogP contribution is 2.21. The zero-order valence-electron chi connectivity index (χ0n) is 14.8. The molecule has 1 heterocycles. The van der Waals surface area contributed by atoms with E-state index >= 15 is 0 Å². The molecule has 0 saturated carbocycles. The van der Waals surface area contributed by atoms with Gasteiger partial charge in [0.05, 0.1) is 5.52 Å². The van der Waals surface area contributed by atoms with E-state index in [1.54, 1.807) is 43.3 Å². The van der Waals surface area contributed by atoms with Crippen molar-refractivity contribution in [3.05, 3.63) is 69.5 Å². The number of aromatic nitrogens is 1. The van der Waals surface area contributed by atoms with Gasteiger partial charge in [-0.2, -0.15) is 0 Å². The van der Waals surface area contributed by atoms with Gasteiger partial charge in [-0.05, 0) is 55.8 Å². The number of carbonyl (C=O) groups excluding carboxylic acids is 2. The van der Waals surface area contributed by atoms with E-state index in [-0.39, 0.29) is 17.4 Å². The van der Waals surface area contributed by atoms with Crippen molar-refractivity contribution in [3.8, 4) is 0 Å². The van der Waals surface area contributed by atoms with Gasteiger partial charge in [0.15, 0.2) is 0 Å². The second kappa shape index (κ2) is 6.84. The van der Waals surface area contributed by atoms with Crippen LogP contribution in [0.3, 0.4) is 0 Å². The molecule has 0 unspecified atom stereocenters. The minimum Gasteiger partial charge on any atom is -0.326 e. The summed E-state index contributed by atoms with van der Waals surface area (Å²) in [5, 5.41) is 6.41. The number of amides is 2. The normalized spacial score (nSPS) is 10.6. The van der Waals surface area contributed by atoms with Crippen LogP contribution in [0.5, 0.6) is 0 Å². The van der Waals surface area contributed by atoms with Crippen molar-refractivity contribution in [1.82, 2.24) is 4.98 Å². The zero-order valence-corrected chi connectivity index (χ0v) is 14.8. The molecule has 3 N–H and O–H groups in total. The Morgan fingerprint density at radius 2 is 1.54 bits per heavy atom. The third kappa shape index (κ3) is 3.49.